The number of anilines is 1. The molecule has 0 fully saturated rings. The highest BCUT2D eigenvalue weighted by atomic mass is 16.5. The van der Waals surface area contributed by atoms with Crippen molar-refractivity contribution < 1.29 is 13.9 Å². The molecule has 1 N–H and O–H groups in total. The van der Waals surface area contributed by atoms with Crippen molar-refractivity contribution in [1.82, 2.24) is 10.2 Å². The van der Waals surface area contributed by atoms with Gasteiger partial charge in [-0.1, -0.05) is 12.1 Å². The summed E-state index contributed by atoms with van der Waals surface area (Å²) in [6.45, 7) is 1.74. The number of nitrogens with zero attached hydrogens (tertiary/aromatic N) is 2. The monoisotopic (exact) mass is 323 g/mol. The fourth-order valence-electron chi connectivity index (χ4n) is 2.28. The van der Waals surface area contributed by atoms with Crippen LogP contribution in [0.3, 0.4) is 0 Å². The largest absolute Gasteiger partial charge is 0.497 e. The van der Waals surface area contributed by atoms with Crippen LogP contribution >= 0.6 is 0 Å². The summed E-state index contributed by atoms with van der Waals surface area (Å²) >= 11 is 0. The number of rotatable bonds is 5. The highest BCUT2D eigenvalue weighted by molar-refractivity contribution is 5.92. The summed E-state index contributed by atoms with van der Waals surface area (Å²) < 4.78 is 10.5. The van der Waals surface area contributed by atoms with Gasteiger partial charge in [0, 0.05) is 18.2 Å². The Morgan fingerprint density at radius 3 is 2.62 bits per heavy atom. The Balaban J connectivity index is 1.64. The maximum atomic E-state index is 12.1. The molecule has 0 radical (unpaired) electrons. The van der Waals surface area contributed by atoms with Crippen molar-refractivity contribution in [2.75, 3.05) is 12.4 Å². The van der Waals surface area contributed by atoms with Crippen LogP contribution in [-0.2, 0) is 11.2 Å². The summed E-state index contributed by atoms with van der Waals surface area (Å²) in [6.07, 6.45) is 0.280. The fourth-order valence-corrected chi connectivity index (χ4v) is 2.28. The lowest BCUT2D eigenvalue weighted by Gasteiger charge is -2.07. The first-order chi connectivity index (χ1) is 11.6. The van der Waals surface area contributed by atoms with Crippen molar-refractivity contribution in [2.24, 2.45) is 0 Å². The van der Waals surface area contributed by atoms with Gasteiger partial charge in [-0.05, 0) is 42.0 Å². The van der Waals surface area contributed by atoms with E-state index in [0.29, 0.717) is 17.5 Å². The molecule has 3 aromatic rings. The Kier molecular flexibility index (Phi) is 4.56. The van der Waals surface area contributed by atoms with Crippen molar-refractivity contribution >= 4 is 11.6 Å². The first-order valence-corrected chi connectivity index (χ1v) is 7.47. The Hall–Kier alpha value is -3.15. The van der Waals surface area contributed by atoms with E-state index >= 15 is 0 Å². The summed E-state index contributed by atoms with van der Waals surface area (Å²) in [7, 11) is 1.60. The second kappa shape index (κ2) is 6.95. The molecule has 6 nitrogen and oxygen atoms in total. The average Bonchev–Trinajstić information content (AvgIpc) is 3.02. The number of methoxy groups -OCH3 is 1. The van der Waals surface area contributed by atoms with Gasteiger partial charge in [0.25, 0.3) is 0 Å². The van der Waals surface area contributed by atoms with Crippen molar-refractivity contribution in [1.29, 1.82) is 0 Å². The summed E-state index contributed by atoms with van der Waals surface area (Å²) in [6, 6.07) is 14.7. The fraction of sp³-hybridized carbons (Fsp3) is 0.167. The third-order valence-corrected chi connectivity index (χ3v) is 3.44. The van der Waals surface area contributed by atoms with Gasteiger partial charge in [-0.2, -0.15) is 0 Å². The van der Waals surface area contributed by atoms with E-state index in [-0.39, 0.29) is 12.3 Å². The smallest absolute Gasteiger partial charge is 0.247 e. The van der Waals surface area contributed by atoms with Crippen LogP contribution in [0.25, 0.3) is 11.5 Å². The molecule has 1 aromatic heterocycles. The van der Waals surface area contributed by atoms with Crippen molar-refractivity contribution in [3.8, 4) is 17.2 Å². The van der Waals surface area contributed by atoms with E-state index in [9.17, 15) is 4.79 Å². The SMILES string of the molecule is COc1cccc(CC(=O)Nc2ccc(-c3nnc(C)o3)cc2)c1. The third-order valence-electron chi connectivity index (χ3n) is 3.44. The zero-order valence-corrected chi connectivity index (χ0v) is 13.4. The summed E-state index contributed by atoms with van der Waals surface area (Å²) in [5, 5.41) is 10.6. The molecule has 3 rings (SSSR count). The maximum Gasteiger partial charge on any atom is 0.247 e. The van der Waals surface area contributed by atoms with Crippen LogP contribution in [0.1, 0.15) is 11.5 Å². The van der Waals surface area contributed by atoms with Gasteiger partial charge in [-0.25, -0.2) is 0 Å². The van der Waals surface area contributed by atoms with E-state index in [2.05, 4.69) is 15.5 Å². The molecule has 122 valence electrons. The molecule has 0 atom stereocenters. The highest BCUT2D eigenvalue weighted by Crippen LogP contribution is 2.20. The van der Waals surface area contributed by atoms with Gasteiger partial charge < -0.3 is 14.5 Å². The van der Waals surface area contributed by atoms with E-state index in [1.165, 1.54) is 0 Å². The lowest BCUT2D eigenvalue weighted by atomic mass is 10.1. The van der Waals surface area contributed by atoms with Gasteiger partial charge >= 0.3 is 0 Å². The van der Waals surface area contributed by atoms with Gasteiger partial charge in [-0.15, -0.1) is 10.2 Å². The number of hydrogen-bond donors (Lipinski definition) is 1. The number of nitrogens with one attached hydrogen (secondary N) is 1. The minimum atomic E-state index is -0.0929. The van der Waals surface area contributed by atoms with Gasteiger partial charge in [-0.3, -0.25) is 4.79 Å². The van der Waals surface area contributed by atoms with Crippen LogP contribution in [0.15, 0.2) is 52.9 Å². The van der Waals surface area contributed by atoms with E-state index in [1.54, 1.807) is 26.2 Å². The molecule has 0 bridgehead atoms. The number of carbonyl (C=O) groups excluding carboxylic acids is 1. The number of aryl methyl sites for hydroxylation is 1. The topological polar surface area (TPSA) is 77.2 Å². The van der Waals surface area contributed by atoms with Crippen LogP contribution < -0.4 is 10.1 Å². The number of carbonyl (C=O) groups is 1. The predicted octanol–water partition coefficient (Wildman–Crippen LogP) is 3.23. The Morgan fingerprint density at radius 2 is 1.96 bits per heavy atom. The van der Waals surface area contributed by atoms with E-state index in [4.69, 9.17) is 9.15 Å². The summed E-state index contributed by atoms with van der Waals surface area (Å²) in [4.78, 5) is 12.1. The Bertz CT molecular complexity index is 841. The number of amides is 1. The van der Waals surface area contributed by atoms with Crippen LogP contribution in [0.2, 0.25) is 0 Å². The second-order valence-corrected chi connectivity index (χ2v) is 5.28. The average molecular weight is 323 g/mol. The Morgan fingerprint density at radius 1 is 1.17 bits per heavy atom. The molecular formula is C18H17N3O3. The normalized spacial score (nSPS) is 10.4. The zero-order chi connectivity index (χ0) is 16.9. The van der Waals surface area contributed by atoms with Crippen molar-refractivity contribution in [3.05, 3.63) is 60.0 Å². The lowest BCUT2D eigenvalue weighted by Crippen LogP contribution is -2.14. The Labute approximate surface area is 139 Å². The number of benzene rings is 2. The standard InChI is InChI=1S/C18H17N3O3/c1-12-20-21-18(24-12)14-6-8-15(9-7-14)19-17(22)11-13-4-3-5-16(10-13)23-2/h3-10H,11H2,1-2H3,(H,19,22). The first-order valence-electron chi connectivity index (χ1n) is 7.47. The number of aromatic nitrogens is 2. The van der Waals surface area contributed by atoms with Gasteiger partial charge in [0.2, 0.25) is 17.7 Å². The molecule has 0 aliphatic carbocycles. The molecular weight excluding hydrogens is 306 g/mol. The van der Waals surface area contributed by atoms with Gasteiger partial charge in [0.15, 0.2) is 0 Å². The minimum absolute atomic E-state index is 0.0929. The molecule has 24 heavy (non-hydrogen) atoms. The molecule has 0 saturated heterocycles. The molecule has 0 aliphatic rings. The van der Waals surface area contributed by atoms with E-state index in [0.717, 1.165) is 16.9 Å². The molecule has 0 unspecified atom stereocenters. The molecule has 1 heterocycles. The van der Waals surface area contributed by atoms with Crippen LogP contribution in [-0.4, -0.2) is 23.2 Å². The van der Waals surface area contributed by atoms with E-state index in [1.807, 2.05) is 36.4 Å². The molecule has 1 amide bonds. The summed E-state index contributed by atoms with van der Waals surface area (Å²) in [5.74, 6) is 1.62. The minimum Gasteiger partial charge on any atom is -0.497 e. The number of hydrogen-bond acceptors (Lipinski definition) is 5. The van der Waals surface area contributed by atoms with Crippen LogP contribution in [0, 0.1) is 6.92 Å². The van der Waals surface area contributed by atoms with Crippen molar-refractivity contribution in [2.45, 2.75) is 13.3 Å². The third kappa shape index (κ3) is 3.78. The van der Waals surface area contributed by atoms with Crippen molar-refractivity contribution in [3.63, 3.8) is 0 Å². The van der Waals surface area contributed by atoms with Gasteiger partial charge in [0.05, 0.1) is 13.5 Å². The maximum absolute atomic E-state index is 12.1. The van der Waals surface area contributed by atoms with Crippen LogP contribution in [0.5, 0.6) is 5.75 Å². The quantitative estimate of drug-likeness (QED) is 0.780. The molecule has 2 aromatic carbocycles. The highest BCUT2D eigenvalue weighted by Gasteiger charge is 2.08. The van der Waals surface area contributed by atoms with Gasteiger partial charge in [0.1, 0.15) is 5.75 Å². The zero-order valence-electron chi connectivity index (χ0n) is 13.4. The van der Waals surface area contributed by atoms with Crippen LogP contribution in [0.4, 0.5) is 5.69 Å². The van der Waals surface area contributed by atoms with E-state index < -0.39 is 0 Å². The lowest BCUT2D eigenvalue weighted by molar-refractivity contribution is -0.115. The molecule has 6 heteroatoms. The molecule has 0 spiro atoms. The second-order valence-electron chi connectivity index (χ2n) is 5.28. The molecule has 0 aliphatic heterocycles. The number of ether oxygens (including phenoxy) is 1. The summed E-state index contributed by atoms with van der Waals surface area (Å²) in [5.41, 5.74) is 2.41. The molecule has 0 saturated carbocycles. The first kappa shape index (κ1) is 15.7. The predicted molar refractivity (Wildman–Crippen MR) is 89.8 cm³/mol.